The van der Waals surface area contributed by atoms with E-state index in [0.717, 1.165) is 5.56 Å². The molecule has 0 saturated heterocycles. The van der Waals surface area contributed by atoms with Crippen molar-refractivity contribution in [1.29, 1.82) is 0 Å². The van der Waals surface area contributed by atoms with Crippen molar-refractivity contribution in [2.24, 2.45) is 5.73 Å². The van der Waals surface area contributed by atoms with E-state index in [4.69, 9.17) is 5.73 Å². The van der Waals surface area contributed by atoms with Gasteiger partial charge in [-0.25, -0.2) is 0 Å². The quantitative estimate of drug-likeness (QED) is 0.863. The molecule has 1 rings (SSSR count). The predicted octanol–water partition coefficient (Wildman–Crippen LogP) is 1.77. The summed E-state index contributed by atoms with van der Waals surface area (Å²) in [6.07, 6.45) is 0. The van der Waals surface area contributed by atoms with Crippen LogP contribution in [0.5, 0.6) is 0 Å². The highest BCUT2D eigenvalue weighted by Gasteiger charge is 2.33. The molecule has 0 heterocycles. The summed E-state index contributed by atoms with van der Waals surface area (Å²) in [5.41, 5.74) is 6.11. The molecule has 0 aliphatic heterocycles. The number of amides is 1. The minimum absolute atomic E-state index is 0.0606. The predicted molar refractivity (Wildman–Crippen MR) is 70.8 cm³/mol. The fourth-order valence-electron chi connectivity index (χ4n) is 1.78. The minimum Gasteiger partial charge on any atom is -0.341 e. The average Bonchev–Trinajstić information content (AvgIpc) is 2.37. The number of nitrogens with zero attached hydrogens (tertiary/aromatic N) is 1. The molecule has 1 amide bonds. The summed E-state index contributed by atoms with van der Waals surface area (Å²) < 4.78 is 0. The number of hydrogen-bond acceptors (Lipinski definition) is 2. The first-order valence-electron chi connectivity index (χ1n) is 5.94. The maximum Gasteiger partial charge on any atom is 0.232 e. The largest absolute Gasteiger partial charge is 0.341 e. The highest BCUT2D eigenvalue weighted by atomic mass is 16.2. The van der Waals surface area contributed by atoms with Crippen LogP contribution in [-0.4, -0.2) is 30.4 Å². The molecule has 0 fully saturated rings. The molecule has 1 unspecified atom stereocenters. The van der Waals surface area contributed by atoms with Gasteiger partial charge in [0.2, 0.25) is 5.91 Å². The lowest BCUT2D eigenvalue weighted by atomic mass is 9.83. The van der Waals surface area contributed by atoms with E-state index in [1.165, 1.54) is 0 Å². The maximum atomic E-state index is 12.4. The van der Waals surface area contributed by atoms with Crippen molar-refractivity contribution in [2.75, 3.05) is 13.6 Å². The first-order chi connectivity index (χ1) is 7.91. The Morgan fingerprint density at radius 2 is 1.88 bits per heavy atom. The van der Waals surface area contributed by atoms with Crippen LogP contribution in [0.3, 0.4) is 0 Å². The van der Waals surface area contributed by atoms with Crippen LogP contribution in [0.1, 0.15) is 26.3 Å². The van der Waals surface area contributed by atoms with E-state index in [-0.39, 0.29) is 11.9 Å². The van der Waals surface area contributed by atoms with Gasteiger partial charge in [0.1, 0.15) is 0 Å². The van der Waals surface area contributed by atoms with Crippen LogP contribution >= 0.6 is 0 Å². The molecule has 3 nitrogen and oxygen atoms in total. The molecular formula is C14H22N2O. The second kappa shape index (κ2) is 5.32. The molecule has 2 N–H and O–H groups in total. The number of benzene rings is 1. The summed E-state index contributed by atoms with van der Waals surface area (Å²) >= 11 is 0. The molecule has 0 radical (unpaired) electrons. The minimum atomic E-state index is -0.514. The fourth-order valence-corrected chi connectivity index (χ4v) is 1.78. The number of hydrogen-bond donors (Lipinski definition) is 1. The number of carbonyl (C=O) groups is 1. The Bertz CT molecular complexity index is 373. The maximum absolute atomic E-state index is 12.4. The van der Waals surface area contributed by atoms with Gasteiger partial charge in [-0.1, -0.05) is 30.3 Å². The highest BCUT2D eigenvalue weighted by Crippen LogP contribution is 2.25. The van der Waals surface area contributed by atoms with Crippen molar-refractivity contribution in [3.63, 3.8) is 0 Å². The molecule has 0 aliphatic carbocycles. The molecule has 1 aromatic rings. The Hall–Kier alpha value is -1.35. The molecule has 94 valence electrons. The Kier molecular flexibility index (Phi) is 4.29. The summed E-state index contributed by atoms with van der Waals surface area (Å²) in [5, 5.41) is 0. The van der Waals surface area contributed by atoms with Crippen molar-refractivity contribution in [3.8, 4) is 0 Å². The van der Waals surface area contributed by atoms with Gasteiger partial charge in [0.25, 0.3) is 0 Å². The SMILES string of the molecule is CC(CN)N(C)C(=O)C(C)(C)c1ccccc1. The highest BCUT2D eigenvalue weighted by molar-refractivity contribution is 5.87. The second-order valence-corrected chi connectivity index (χ2v) is 4.99. The van der Waals surface area contributed by atoms with Gasteiger partial charge in [-0.15, -0.1) is 0 Å². The van der Waals surface area contributed by atoms with Crippen LogP contribution in [0.2, 0.25) is 0 Å². The number of likely N-dealkylation sites (N-methyl/N-ethyl adjacent to an activating group) is 1. The van der Waals surface area contributed by atoms with Gasteiger partial charge in [0.05, 0.1) is 5.41 Å². The smallest absolute Gasteiger partial charge is 0.232 e. The fraction of sp³-hybridized carbons (Fsp3) is 0.500. The van der Waals surface area contributed by atoms with Crippen LogP contribution in [0, 0.1) is 0 Å². The standard InChI is InChI=1S/C14H22N2O/c1-11(10-15)16(4)13(17)14(2,3)12-8-6-5-7-9-12/h5-9,11H,10,15H2,1-4H3. The Morgan fingerprint density at radius 1 is 1.35 bits per heavy atom. The van der Waals surface area contributed by atoms with Crippen molar-refractivity contribution in [3.05, 3.63) is 35.9 Å². The van der Waals surface area contributed by atoms with E-state index in [1.807, 2.05) is 58.2 Å². The van der Waals surface area contributed by atoms with Crippen molar-refractivity contribution in [2.45, 2.75) is 32.2 Å². The molecule has 1 atom stereocenters. The topological polar surface area (TPSA) is 46.3 Å². The Labute approximate surface area is 104 Å². The number of nitrogens with two attached hydrogens (primary N) is 1. The molecular weight excluding hydrogens is 212 g/mol. The van der Waals surface area contributed by atoms with Gasteiger partial charge >= 0.3 is 0 Å². The van der Waals surface area contributed by atoms with E-state index >= 15 is 0 Å². The van der Waals surface area contributed by atoms with Gasteiger partial charge in [-0.2, -0.15) is 0 Å². The molecule has 3 heteroatoms. The van der Waals surface area contributed by atoms with E-state index in [0.29, 0.717) is 6.54 Å². The summed E-state index contributed by atoms with van der Waals surface area (Å²) in [4.78, 5) is 14.2. The van der Waals surface area contributed by atoms with E-state index in [9.17, 15) is 4.79 Å². The Balaban J connectivity index is 2.95. The third-order valence-electron chi connectivity index (χ3n) is 3.35. The van der Waals surface area contributed by atoms with E-state index in [2.05, 4.69) is 0 Å². The van der Waals surface area contributed by atoms with Crippen LogP contribution in [0.25, 0.3) is 0 Å². The summed E-state index contributed by atoms with van der Waals surface area (Å²) in [7, 11) is 1.81. The normalized spacial score (nSPS) is 13.2. The molecule has 0 saturated carbocycles. The first-order valence-corrected chi connectivity index (χ1v) is 5.94. The Morgan fingerprint density at radius 3 is 2.35 bits per heavy atom. The third kappa shape index (κ3) is 2.86. The molecule has 0 bridgehead atoms. The average molecular weight is 234 g/mol. The van der Waals surface area contributed by atoms with Crippen LogP contribution in [-0.2, 0) is 10.2 Å². The molecule has 1 aromatic carbocycles. The third-order valence-corrected chi connectivity index (χ3v) is 3.35. The van der Waals surface area contributed by atoms with E-state index < -0.39 is 5.41 Å². The first kappa shape index (κ1) is 13.7. The number of rotatable bonds is 4. The van der Waals surface area contributed by atoms with Gasteiger partial charge in [-0.3, -0.25) is 4.79 Å². The van der Waals surface area contributed by atoms with Crippen LogP contribution < -0.4 is 5.73 Å². The van der Waals surface area contributed by atoms with Crippen molar-refractivity contribution >= 4 is 5.91 Å². The zero-order valence-electron chi connectivity index (χ0n) is 11.1. The molecule has 0 aliphatic rings. The van der Waals surface area contributed by atoms with Gasteiger partial charge < -0.3 is 10.6 Å². The van der Waals surface area contributed by atoms with Gasteiger partial charge in [0, 0.05) is 19.6 Å². The second-order valence-electron chi connectivity index (χ2n) is 4.99. The lowest BCUT2D eigenvalue weighted by molar-refractivity contribution is -0.136. The molecule has 0 spiro atoms. The zero-order valence-corrected chi connectivity index (χ0v) is 11.1. The van der Waals surface area contributed by atoms with Crippen molar-refractivity contribution in [1.82, 2.24) is 4.90 Å². The monoisotopic (exact) mass is 234 g/mol. The van der Waals surface area contributed by atoms with Crippen LogP contribution in [0.15, 0.2) is 30.3 Å². The lowest BCUT2D eigenvalue weighted by Gasteiger charge is -2.33. The molecule has 0 aromatic heterocycles. The van der Waals surface area contributed by atoms with Crippen LogP contribution in [0.4, 0.5) is 0 Å². The zero-order chi connectivity index (χ0) is 13.1. The summed E-state index contributed by atoms with van der Waals surface area (Å²) in [6.45, 7) is 6.33. The van der Waals surface area contributed by atoms with E-state index in [1.54, 1.807) is 4.90 Å². The summed E-state index contributed by atoms with van der Waals surface area (Å²) in [5.74, 6) is 0.0988. The van der Waals surface area contributed by atoms with Crippen molar-refractivity contribution < 1.29 is 4.79 Å². The number of carbonyl (C=O) groups excluding carboxylic acids is 1. The molecule has 17 heavy (non-hydrogen) atoms. The van der Waals surface area contributed by atoms with Gasteiger partial charge in [0.15, 0.2) is 0 Å². The van der Waals surface area contributed by atoms with Gasteiger partial charge in [-0.05, 0) is 26.3 Å². The lowest BCUT2D eigenvalue weighted by Crippen LogP contribution is -2.47. The summed E-state index contributed by atoms with van der Waals surface area (Å²) in [6, 6.07) is 9.90.